The average Bonchev–Trinajstić information content (AvgIpc) is 2.87. The zero-order valence-corrected chi connectivity index (χ0v) is 12.5. The first-order valence-corrected chi connectivity index (χ1v) is 7.38. The number of rotatable bonds is 2. The van der Waals surface area contributed by atoms with Gasteiger partial charge in [0.1, 0.15) is 5.82 Å². The van der Waals surface area contributed by atoms with E-state index in [1.807, 2.05) is 19.2 Å². The summed E-state index contributed by atoms with van der Waals surface area (Å²) in [6.07, 6.45) is 1.30. The molecule has 2 aromatic rings. The molecule has 0 spiro atoms. The molecule has 1 atom stereocenters. The number of benzene rings is 1. The Kier molecular flexibility index (Phi) is 3.56. The minimum atomic E-state index is 0.153. The van der Waals surface area contributed by atoms with Gasteiger partial charge in [0.2, 0.25) is 5.91 Å². The second kappa shape index (κ2) is 5.38. The second-order valence-corrected chi connectivity index (χ2v) is 5.58. The SMILES string of the molecule is CN1CC(n2c(CCl)nc3ccc(C#N)cc32)CCC1=O. The van der Waals surface area contributed by atoms with Crippen LogP contribution in [0.15, 0.2) is 18.2 Å². The summed E-state index contributed by atoms with van der Waals surface area (Å²) in [5, 5.41) is 9.08. The van der Waals surface area contributed by atoms with Gasteiger partial charge >= 0.3 is 0 Å². The quantitative estimate of drug-likeness (QED) is 0.801. The largest absolute Gasteiger partial charge is 0.344 e. The smallest absolute Gasteiger partial charge is 0.222 e. The number of likely N-dealkylation sites (tertiary alicyclic amines) is 1. The van der Waals surface area contributed by atoms with E-state index in [-0.39, 0.29) is 11.9 Å². The van der Waals surface area contributed by atoms with Crippen LogP contribution in [0.25, 0.3) is 11.0 Å². The Labute approximate surface area is 127 Å². The van der Waals surface area contributed by atoms with Gasteiger partial charge in [-0.1, -0.05) is 0 Å². The number of halogens is 1. The van der Waals surface area contributed by atoms with E-state index in [0.29, 0.717) is 24.4 Å². The molecule has 0 bridgehead atoms. The van der Waals surface area contributed by atoms with E-state index in [2.05, 4.69) is 15.6 Å². The molecule has 1 fully saturated rings. The van der Waals surface area contributed by atoms with Gasteiger partial charge in [0.15, 0.2) is 0 Å². The summed E-state index contributed by atoms with van der Waals surface area (Å²) in [6.45, 7) is 0.644. The van der Waals surface area contributed by atoms with Crippen LogP contribution in [-0.2, 0) is 10.7 Å². The first-order chi connectivity index (χ1) is 10.1. The fraction of sp³-hybridized carbons (Fsp3) is 0.400. The van der Waals surface area contributed by atoms with Crippen LogP contribution >= 0.6 is 11.6 Å². The maximum atomic E-state index is 11.7. The Hall–Kier alpha value is -2.06. The van der Waals surface area contributed by atoms with Gasteiger partial charge in [-0.3, -0.25) is 4.79 Å². The molecule has 2 heterocycles. The Balaban J connectivity index is 2.11. The molecule has 1 aromatic heterocycles. The average molecular weight is 303 g/mol. The van der Waals surface area contributed by atoms with Gasteiger partial charge < -0.3 is 9.47 Å². The molecule has 1 aliphatic heterocycles. The molecule has 21 heavy (non-hydrogen) atoms. The third-order valence-electron chi connectivity index (χ3n) is 3.98. The predicted molar refractivity (Wildman–Crippen MR) is 79.9 cm³/mol. The zero-order chi connectivity index (χ0) is 15.0. The molecule has 108 valence electrons. The second-order valence-electron chi connectivity index (χ2n) is 5.31. The highest BCUT2D eigenvalue weighted by Crippen LogP contribution is 2.29. The molecule has 3 rings (SSSR count). The van der Waals surface area contributed by atoms with Crippen molar-refractivity contribution in [1.29, 1.82) is 5.26 Å². The number of imidazole rings is 1. The van der Waals surface area contributed by atoms with E-state index in [1.54, 1.807) is 11.0 Å². The van der Waals surface area contributed by atoms with Gasteiger partial charge in [0.25, 0.3) is 0 Å². The number of carbonyl (C=O) groups is 1. The summed E-state index contributed by atoms with van der Waals surface area (Å²) in [7, 11) is 1.81. The first-order valence-electron chi connectivity index (χ1n) is 6.85. The van der Waals surface area contributed by atoms with Crippen LogP contribution in [0.2, 0.25) is 0 Å². The van der Waals surface area contributed by atoms with E-state index >= 15 is 0 Å². The lowest BCUT2D eigenvalue weighted by atomic mass is 10.0. The number of alkyl halides is 1. The van der Waals surface area contributed by atoms with Gasteiger partial charge in [-0.15, -0.1) is 11.6 Å². The fourth-order valence-electron chi connectivity index (χ4n) is 2.92. The number of amides is 1. The predicted octanol–water partition coefficient (Wildman–Crippen LogP) is 2.44. The molecule has 1 amide bonds. The number of nitrogens with zero attached hydrogens (tertiary/aromatic N) is 4. The Morgan fingerprint density at radius 2 is 2.33 bits per heavy atom. The summed E-state index contributed by atoms with van der Waals surface area (Å²) in [6, 6.07) is 7.75. The van der Waals surface area contributed by atoms with Crippen molar-refractivity contribution in [3.05, 3.63) is 29.6 Å². The van der Waals surface area contributed by atoms with Crippen molar-refractivity contribution in [3.63, 3.8) is 0 Å². The third-order valence-corrected chi connectivity index (χ3v) is 4.22. The lowest BCUT2D eigenvalue weighted by molar-refractivity contribution is -0.132. The van der Waals surface area contributed by atoms with Crippen molar-refractivity contribution >= 4 is 28.5 Å². The zero-order valence-electron chi connectivity index (χ0n) is 11.7. The van der Waals surface area contributed by atoms with E-state index in [9.17, 15) is 4.79 Å². The highest BCUT2D eigenvalue weighted by molar-refractivity contribution is 6.16. The molecule has 1 saturated heterocycles. The van der Waals surface area contributed by atoms with Crippen LogP contribution in [0.3, 0.4) is 0 Å². The lowest BCUT2D eigenvalue weighted by Gasteiger charge is -2.31. The molecule has 5 nitrogen and oxygen atoms in total. The molecule has 1 aromatic carbocycles. The van der Waals surface area contributed by atoms with Crippen molar-refractivity contribution < 1.29 is 4.79 Å². The van der Waals surface area contributed by atoms with Crippen molar-refractivity contribution in [2.45, 2.75) is 24.8 Å². The third kappa shape index (κ3) is 2.36. The standard InChI is InChI=1S/C15H15ClN4O/c1-19-9-11(3-5-15(19)21)20-13-6-10(8-17)2-4-12(13)18-14(20)7-16/h2,4,6,11H,3,5,7,9H2,1H3. The monoisotopic (exact) mass is 302 g/mol. The van der Waals surface area contributed by atoms with Crippen molar-refractivity contribution in [1.82, 2.24) is 14.5 Å². The number of hydrogen-bond acceptors (Lipinski definition) is 3. The Morgan fingerprint density at radius 1 is 1.52 bits per heavy atom. The number of aromatic nitrogens is 2. The van der Waals surface area contributed by atoms with Crippen LogP contribution in [0, 0.1) is 11.3 Å². The normalized spacial score (nSPS) is 19.0. The summed E-state index contributed by atoms with van der Waals surface area (Å²) in [4.78, 5) is 17.9. The minimum Gasteiger partial charge on any atom is -0.344 e. The van der Waals surface area contributed by atoms with Crippen molar-refractivity contribution in [3.8, 4) is 6.07 Å². The fourth-order valence-corrected chi connectivity index (χ4v) is 3.10. The molecule has 0 saturated carbocycles. The van der Waals surface area contributed by atoms with Crippen molar-refractivity contribution in [2.75, 3.05) is 13.6 Å². The summed E-state index contributed by atoms with van der Waals surface area (Å²) >= 11 is 6.03. The number of hydrogen-bond donors (Lipinski definition) is 0. The molecule has 1 aliphatic rings. The first kappa shape index (κ1) is 13.9. The van der Waals surface area contributed by atoms with Gasteiger partial charge in [0.05, 0.1) is 34.6 Å². The molecular formula is C15H15ClN4O. The van der Waals surface area contributed by atoms with Crippen LogP contribution in [0.1, 0.15) is 30.3 Å². The highest BCUT2D eigenvalue weighted by atomic mass is 35.5. The van der Waals surface area contributed by atoms with Crippen LogP contribution < -0.4 is 0 Å². The molecule has 0 aliphatic carbocycles. The lowest BCUT2D eigenvalue weighted by Crippen LogP contribution is -2.38. The molecule has 1 unspecified atom stereocenters. The van der Waals surface area contributed by atoms with E-state index in [0.717, 1.165) is 23.3 Å². The van der Waals surface area contributed by atoms with E-state index in [1.165, 1.54) is 0 Å². The van der Waals surface area contributed by atoms with Gasteiger partial charge in [-0.2, -0.15) is 5.26 Å². The van der Waals surface area contributed by atoms with Crippen LogP contribution in [0.4, 0.5) is 0 Å². The maximum Gasteiger partial charge on any atom is 0.222 e. The molecule has 0 N–H and O–H groups in total. The number of nitriles is 1. The Morgan fingerprint density at radius 3 is 3.00 bits per heavy atom. The number of carbonyl (C=O) groups excluding carboxylic acids is 1. The summed E-state index contributed by atoms with van der Waals surface area (Å²) < 4.78 is 2.09. The number of likely N-dealkylation sites (N-methyl/N-ethyl adjacent to an activating group) is 1. The topological polar surface area (TPSA) is 61.9 Å². The highest BCUT2D eigenvalue weighted by Gasteiger charge is 2.27. The summed E-state index contributed by atoms with van der Waals surface area (Å²) in [5.74, 6) is 1.26. The molecular weight excluding hydrogens is 288 g/mol. The van der Waals surface area contributed by atoms with Gasteiger partial charge in [-0.05, 0) is 24.6 Å². The van der Waals surface area contributed by atoms with Crippen molar-refractivity contribution in [2.24, 2.45) is 0 Å². The van der Waals surface area contributed by atoms with Gasteiger partial charge in [0, 0.05) is 20.0 Å². The maximum absolute atomic E-state index is 11.7. The molecule has 6 heteroatoms. The number of fused-ring (bicyclic) bond motifs is 1. The molecule has 0 radical (unpaired) electrons. The van der Waals surface area contributed by atoms with Crippen LogP contribution in [-0.4, -0.2) is 34.0 Å². The van der Waals surface area contributed by atoms with E-state index in [4.69, 9.17) is 16.9 Å². The minimum absolute atomic E-state index is 0.153. The van der Waals surface area contributed by atoms with Gasteiger partial charge in [-0.25, -0.2) is 4.98 Å². The number of piperidine rings is 1. The van der Waals surface area contributed by atoms with Crippen LogP contribution in [0.5, 0.6) is 0 Å². The Bertz CT molecular complexity index is 746. The summed E-state index contributed by atoms with van der Waals surface area (Å²) in [5.41, 5.74) is 2.35. The van der Waals surface area contributed by atoms with E-state index < -0.39 is 0 Å².